The van der Waals surface area contributed by atoms with Crippen LogP contribution in [0.2, 0.25) is 5.02 Å². The fourth-order valence-electron chi connectivity index (χ4n) is 0.827. The zero-order valence-electron chi connectivity index (χ0n) is 6.10. The molecule has 0 saturated heterocycles. The Balaban J connectivity index is 3.05. The third-order valence-electron chi connectivity index (χ3n) is 1.48. The Labute approximate surface area is 76.4 Å². The monoisotopic (exact) mass is 185 g/mol. The lowest BCUT2D eigenvalue weighted by atomic mass is 10.2. The molecule has 0 aliphatic rings. The molecule has 0 amide bonds. The van der Waals surface area contributed by atoms with Crippen molar-refractivity contribution in [1.82, 2.24) is 0 Å². The lowest BCUT2D eigenvalue weighted by Gasteiger charge is -2.04. The van der Waals surface area contributed by atoms with Crippen LogP contribution in [0.4, 0.5) is 5.69 Å². The van der Waals surface area contributed by atoms with Crippen molar-refractivity contribution in [2.24, 2.45) is 0 Å². The molecule has 1 aromatic carbocycles. The molecule has 0 fully saturated rings. The maximum Gasteiger partial charge on any atom is 0.0659 e. The quantitative estimate of drug-likeness (QED) is 0.711. The van der Waals surface area contributed by atoms with Crippen LogP contribution < -0.4 is 5.32 Å². The van der Waals surface area contributed by atoms with Gasteiger partial charge in [-0.3, -0.25) is 0 Å². The Hall–Kier alpha value is -0.600. The van der Waals surface area contributed by atoms with Gasteiger partial charge in [0.2, 0.25) is 0 Å². The van der Waals surface area contributed by atoms with E-state index < -0.39 is 0 Å². The van der Waals surface area contributed by atoms with Crippen molar-refractivity contribution < 1.29 is 0 Å². The summed E-state index contributed by atoms with van der Waals surface area (Å²) in [6, 6.07) is 5.67. The van der Waals surface area contributed by atoms with E-state index in [-0.39, 0.29) is 0 Å². The Morgan fingerprint density at radius 3 is 2.91 bits per heavy atom. The van der Waals surface area contributed by atoms with E-state index in [1.165, 1.54) is 5.49 Å². The molecule has 0 unspecified atom stereocenters. The summed E-state index contributed by atoms with van der Waals surface area (Å²) in [7, 11) is 0. The molecular formula is C8H8ClNS. The average Bonchev–Trinajstić information content (AvgIpc) is 1.99. The second kappa shape index (κ2) is 3.69. The summed E-state index contributed by atoms with van der Waals surface area (Å²) in [6.07, 6.45) is 0. The highest BCUT2D eigenvalue weighted by atomic mass is 35.5. The van der Waals surface area contributed by atoms with Crippen molar-refractivity contribution in [3.8, 4) is 0 Å². The SMILES string of the molecule is Cc1c(Cl)cccc1NC=S. The van der Waals surface area contributed by atoms with Gasteiger partial charge in [-0.1, -0.05) is 29.9 Å². The van der Waals surface area contributed by atoms with Crippen molar-refractivity contribution in [2.75, 3.05) is 5.32 Å². The number of nitrogens with one attached hydrogen (secondary N) is 1. The fraction of sp³-hybridized carbons (Fsp3) is 0.125. The van der Waals surface area contributed by atoms with Crippen LogP contribution in [0, 0.1) is 6.92 Å². The maximum atomic E-state index is 5.86. The van der Waals surface area contributed by atoms with Gasteiger partial charge in [-0.15, -0.1) is 0 Å². The summed E-state index contributed by atoms with van der Waals surface area (Å²) in [5, 5.41) is 3.68. The van der Waals surface area contributed by atoms with E-state index in [4.69, 9.17) is 11.6 Å². The lowest BCUT2D eigenvalue weighted by molar-refractivity contribution is 1.46. The van der Waals surface area contributed by atoms with E-state index in [0.717, 1.165) is 16.3 Å². The molecule has 11 heavy (non-hydrogen) atoms. The summed E-state index contributed by atoms with van der Waals surface area (Å²) in [4.78, 5) is 0. The van der Waals surface area contributed by atoms with Crippen LogP contribution in [-0.2, 0) is 0 Å². The normalized spacial score (nSPS) is 9.27. The molecular weight excluding hydrogens is 178 g/mol. The van der Waals surface area contributed by atoms with Crippen LogP contribution in [0.3, 0.4) is 0 Å². The van der Waals surface area contributed by atoms with E-state index in [9.17, 15) is 0 Å². The van der Waals surface area contributed by atoms with Gasteiger partial charge in [-0.05, 0) is 24.6 Å². The summed E-state index contributed by atoms with van der Waals surface area (Å²) in [6.45, 7) is 1.95. The molecule has 0 aromatic heterocycles. The van der Waals surface area contributed by atoms with Gasteiger partial charge >= 0.3 is 0 Å². The predicted octanol–water partition coefficient (Wildman–Crippen LogP) is 3.02. The number of hydrogen-bond acceptors (Lipinski definition) is 1. The van der Waals surface area contributed by atoms with Crippen molar-refractivity contribution >= 4 is 35.0 Å². The van der Waals surface area contributed by atoms with Gasteiger partial charge in [0.25, 0.3) is 0 Å². The molecule has 58 valence electrons. The first kappa shape index (κ1) is 8.50. The van der Waals surface area contributed by atoms with Crippen molar-refractivity contribution in [3.05, 3.63) is 28.8 Å². The van der Waals surface area contributed by atoms with E-state index >= 15 is 0 Å². The van der Waals surface area contributed by atoms with Gasteiger partial charge < -0.3 is 5.32 Å². The first-order valence-corrected chi connectivity index (χ1v) is 4.06. The zero-order chi connectivity index (χ0) is 8.27. The van der Waals surface area contributed by atoms with Crippen LogP contribution in [0.1, 0.15) is 5.56 Å². The average molecular weight is 186 g/mol. The molecule has 3 heteroatoms. The standard InChI is InChI=1S/C8H8ClNS/c1-6-7(9)3-2-4-8(6)10-5-11/h2-5H,1H3,(H,10,11). The molecule has 0 spiro atoms. The molecule has 0 aliphatic carbocycles. The molecule has 0 atom stereocenters. The topological polar surface area (TPSA) is 12.0 Å². The fourth-order valence-corrected chi connectivity index (χ4v) is 1.13. The van der Waals surface area contributed by atoms with E-state index in [2.05, 4.69) is 17.5 Å². The van der Waals surface area contributed by atoms with E-state index in [1.54, 1.807) is 0 Å². The number of rotatable bonds is 2. The first-order chi connectivity index (χ1) is 5.25. The highest BCUT2D eigenvalue weighted by molar-refractivity contribution is 7.79. The largest absolute Gasteiger partial charge is 0.352 e. The Morgan fingerprint density at radius 1 is 1.55 bits per heavy atom. The lowest BCUT2D eigenvalue weighted by Crippen LogP contribution is -1.94. The highest BCUT2D eigenvalue weighted by Crippen LogP contribution is 2.22. The molecule has 1 rings (SSSR count). The third-order valence-corrected chi connectivity index (χ3v) is 2.01. The molecule has 0 bridgehead atoms. The summed E-state index contributed by atoms with van der Waals surface area (Å²) < 4.78 is 0. The van der Waals surface area contributed by atoms with Gasteiger partial charge in [0, 0.05) is 10.7 Å². The van der Waals surface area contributed by atoms with Crippen molar-refractivity contribution in [1.29, 1.82) is 0 Å². The molecule has 0 aliphatic heterocycles. The van der Waals surface area contributed by atoms with Gasteiger partial charge in [0.05, 0.1) is 5.49 Å². The molecule has 1 aromatic rings. The molecule has 1 N–H and O–H groups in total. The van der Waals surface area contributed by atoms with Crippen molar-refractivity contribution in [2.45, 2.75) is 6.92 Å². The molecule has 0 heterocycles. The highest BCUT2D eigenvalue weighted by Gasteiger charge is 1.98. The number of hydrogen-bond donors (Lipinski definition) is 1. The maximum absolute atomic E-state index is 5.86. The summed E-state index contributed by atoms with van der Waals surface area (Å²) in [5.41, 5.74) is 3.46. The van der Waals surface area contributed by atoms with E-state index in [1.807, 2.05) is 25.1 Å². The van der Waals surface area contributed by atoms with E-state index in [0.29, 0.717) is 0 Å². The van der Waals surface area contributed by atoms with Gasteiger partial charge in [0.1, 0.15) is 0 Å². The Kier molecular flexibility index (Phi) is 2.85. The number of benzene rings is 1. The second-order valence-corrected chi connectivity index (χ2v) is 2.82. The predicted molar refractivity (Wildman–Crippen MR) is 53.5 cm³/mol. The van der Waals surface area contributed by atoms with Gasteiger partial charge in [-0.2, -0.15) is 0 Å². The van der Waals surface area contributed by atoms with Gasteiger partial charge in [-0.25, -0.2) is 0 Å². The summed E-state index contributed by atoms with van der Waals surface area (Å²) in [5.74, 6) is 0. The minimum Gasteiger partial charge on any atom is -0.352 e. The van der Waals surface area contributed by atoms with Crippen LogP contribution in [-0.4, -0.2) is 5.49 Å². The first-order valence-electron chi connectivity index (χ1n) is 3.21. The number of halogens is 1. The zero-order valence-corrected chi connectivity index (χ0v) is 7.67. The Morgan fingerprint density at radius 2 is 2.27 bits per heavy atom. The number of thiocarbonyl (C=S) groups is 1. The molecule has 0 saturated carbocycles. The van der Waals surface area contributed by atoms with Crippen LogP contribution in [0.5, 0.6) is 0 Å². The second-order valence-electron chi connectivity index (χ2n) is 2.17. The minimum absolute atomic E-state index is 0.756. The van der Waals surface area contributed by atoms with Crippen LogP contribution in [0.25, 0.3) is 0 Å². The van der Waals surface area contributed by atoms with Crippen molar-refractivity contribution in [3.63, 3.8) is 0 Å². The minimum atomic E-state index is 0.756. The smallest absolute Gasteiger partial charge is 0.0659 e. The summed E-state index contributed by atoms with van der Waals surface area (Å²) >= 11 is 10.5. The Bertz CT molecular complexity index is 273. The molecule has 1 nitrogen and oxygen atoms in total. The number of anilines is 1. The van der Waals surface area contributed by atoms with Crippen LogP contribution >= 0.6 is 23.8 Å². The van der Waals surface area contributed by atoms with Crippen LogP contribution in [0.15, 0.2) is 18.2 Å². The third kappa shape index (κ3) is 1.91. The van der Waals surface area contributed by atoms with Gasteiger partial charge in [0.15, 0.2) is 0 Å². The molecule has 0 radical (unpaired) electrons.